The van der Waals surface area contributed by atoms with E-state index in [1.807, 2.05) is 54.6 Å². The minimum absolute atomic E-state index is 0.0650. The third kappa shape index (κ3) is 5.94. The van der Waals surface area contributed by atoms with Crippen LogP contribution in [0, 0.1) is 0 Å². The van der Waals surface area contributed by atoms with Crippen LogP contribution in [0.1, 0.15) is 45.5 Å². The number of rotatable bonds is 7. The molecule has 3 amide bonds. The van der Waals surface area contributed by atoms with Gasteiger partial charge in [-0.2, -0.15) is 0 Å². The number of urea groups is 1. The summed E-state index contributed by atoms with van der Waals surface area (Å²) >= 11 is 0. The Morgan fingerprint density at radius 2 is 1.73 bits per heavy atom. The third-order valence-electron chi connectivity index (χ3n) is 6.76. The fraction of sp³-hybridized carbons (Fsp3) is 0.312. The number of imide groups is 1. The largest absolute Gasteiger partial charge is 0.514 e. The molecule has 212 valence electrons. The van der Waals surface area contributed by atoms with Crippen LogP contribution < -0.4 is 9.64 Å². The maximum Gasteiger partial charge on any atom is 0.514 e. The fourth-order valence-electron chi connectivity index (χ4n) is 4.89. The Morgan fingerprint density at radius 3 is 2.39 bits per heavy atom. The maximum absolute atomic E-state index is 12.6. The number of fused-ring (bicyclic) bond motifs is 1. The molecule has 0 radical (unpaired) electrons. The number of amides is 3. The number of benzene rings is 3. The SMILES string of the molecule is CCCc1nc2ccc(N3C(=O)CN(C)C3=O)cc2n1Cc1ccc(-c2ccccc2OC(=O)OC(C)(C)C)cc1. The normalized spacial score (nSPS) is 13.8. The van der Waals surface area contributed by atoms with Crippen molar-refractivity contribution in [3.05, 3.63) is 78.1 Å². The zero-order valence-electron chi connectivity index (χ0n) is 24.0. The number of anilines is 1. The van der Waals surface area contributed by atoms with Crippen molar-refractivity contribution in [2.24, 2.45) is 0 Å². The van der Waals surface area contributed by atoms with Crippen molar-refractivity contribution in [3.63, 3.8) is 0 Å². The van der Waals surface area contributed by atoms with Crippen LogP contribution in [-0.4, -0.2) is 51.7 Å². The Bertz CT molecular complexity index is 1620. The van der Waals surface area contributed by atoms with Crippen LogP contribution in [0.15, 0.2) is 66.7 Å². The van der Waals surface area contributed by atoms with Gasteiger partial charge in [0.05, 0.1) is 16.7 Å². The van der Waals surface area contributed by atoms with Crippen molar-refractivity contribution < 1.29 is 23.9 Å². The molecular formula is C32H34N4O5. The van der Waals surface area contributed by atoms with Gasteiger partial charge >= 0.3 is 12.2 Å². The maximum atomic E-state index is 12.6. The van der Waals surface area contributed by atoms with Gasteiger partial charge in [0.1, 0.15) is 23.7 Å². The van der Waals surface area contributed by atoms with Crippen LogP contribution in [-0.2, 0) is 22.5 Å². The number of aryl methyl sites for hydroxylation is 1. The summed E-state index contributed by atoms with van der Waals surface area (Å²) in [5.74, 6) is 1.11. The molecule has 1 fully saturated rings. The van der Waals surface area contributed by atoms with Crippen LogP contribution in [0.4, 0.5) is 15.3 Å². The van der Waals surface area contributed by atoms with E-state index in [2.05, 4.69) is 11.5 Å². The highest BCUT2D eigenvalue weighted by Crippen LogP contribution is 2.32. The average molecular weight is 555 g/mol. The van der Waals surface area contributed by atoms with E-state index in [4.69, 9.17) is 14.5 Å². The molecule has 9 nitrogen and oxygen atoms in total. The van der Waals surface area contributed by atoms with Crippen molar-refractivity contribution in [3.8, 4) is 16.9 Å². The van der Waals surface area contributed by atoms with E-state index in [1.54, 1.807) is 40.0 Å². The predicted octanol–water partition coefficient (Wildman–Crippen LogP) is 6.42. The highest BCUT2D eigenvalue weighted by molar-refractivity contribution is 6.20. The predicted molar refractivity (Wildman–Crippen MR) is 157 cm³/mol. The number of ether oxygens (including phenoxy) is 2. The van der Waals surface area contributed by atoms with Gasteiger partial charge in [0.15, 0.2) is 0 Å². The molecule has 1 aliphatic rings. The lowest BCUT2D eigenvalue weighted by atomic mass is 10.0. The summed E-state index contributed by atoms with van der Waals surface area (Å²) < 4.78 is 13.0. The lowest BCUT2D eigenvalue weighted by Gasteiger charge is -2.19. The number of nitrogens with zero attached hydrogens (tertiary/aromatic N) is 4. The molecule has 9 heteroatoms. The molecule has 1 aliphatic heterocycles. The van der Waals surface area contributed by atoms with Crippen LogP contribution in [0.3, 0.4) is 0 Å². The second-order valence-corrected chi connectivity index (χ2v) is 11.2. The van der Waals surface area contributed by atoms with E-state index >= 15 is 0 Å². The van der Waals surface area contributed by atoms with Crippen molar-refractivity contribution >= 4 is 34.8 Å². The zero-order valence-corrected chi connectivity index (χ0v) is 24.0. The molecule has 1 aromatic heterocycles. The van der Waals surface area contributed by atoms with Gasteiger partial charge in [-0.05, 0) is 62.6 Å². The molecule has 3 aromatic carbocycles. The van der Waals surface area contributed by atoms with Crippen LogP contribution in [0.2, 0.25) is 0 Å². The van der Waals surface area contributed by atoms with E-state index in [-0.39, 0.29) is 18.5 Å². The highest BCUT2D eigenvalue weighted by Gasteiger charge is 2.35. The quantitative estimate of drug-likeness (QED) is 0.149. The van der Waals surface area contributed by atoms with Crippen LogP contribution in [0.25, 0.3) is 22.2 Å². The molecule has 0 N–H and O–H groups in total. The summed E-state index contributed by atoms with van der Waals surface area (Å²) in [4.78, 5) is 44.9. The molecule has 0 atom stereocenters. The Labute approximate surface area is 239 Å². The van der Waals surface area contributed by atoms with Gasteiger partial charge in [0.25, 0.3) is 5.91 Å². The smallest absolute Gasteiger partial charge is 0.428 e. The summed E-state index contributed by atoms with van der Waals surface area (Å²) in [6.07, 6.45) is 0.972. The number of likely N-dealkylation sites (N-methyl/N-ethyl adjacent to an activating group) is 1. The van der Waals surface area contributed by atoms with E-state index in [1.165, 1.54) is 9.80 Å². The Balaban J connectivity index is 1.43. The molecule has 1 saturated heterocycles. The van der Waals surface area contributed by atoms with Crippen molar-refractivity contribution in [1.29, 1.82) is 0 Å². The average Bonchev–Trinajstić information content (AvgIpc) is 3.38. The molecule has 0 bridgehead atoms. The van der Waals surface area contributed by atoms with Gasteiger partial charge in [0, 0.05) is 25.6 Å². The monoisotopic (exact) mass is 554 g/mol. The van der Waals surface area contributed by atoms with Crippen LogP contribution in [0.5, 0.6) is 5.75 Å². The van der Waals surface area contributed by atoms with Crippen molar-refractivity contribution in [2.75, 3.05) is 18.5 Å². The number of carbonyl (C=O) groups is 3. The standard InChI is InChI=1S/C32H34N4O5/c1-6-9-28-33-25-17-16-23(36-29(37)20-34(5)30(36)38)18-26(25)35(28)19-21-12-14-22(15-13-21)24-10-7-8-11-27(24)40-31(39)41-32(2,3)4/h7-8,10-18H,6,9,19-20H2,1-5H3. The second-order valence-electron chi connectivity index (χ2n) is 11.2. The molecule has 0 saturated carbocycles. The van der Waals surface area contributed by atoms with Crippen molar-refractivity contribution in [1.82, 2.24) is 14.5 Å². The van der Waals surface area contributed by atoms with E-state index in [0.29, 0.717) is 18.0 Å². The molecule has 0 aliphatic carbocycles. The van der Waals surface area contributed by atoms with Crippen molar-refractivity contribution in [2.45, 2.75) is 52.7 Å². The van der Waals surface area contributed by atoms with Gasteiger partial charge in [-0.25, -0.2) is 19.5 Å². The lowest BCUT2D eigenvalue weighted by Crippen LogP contribution is -2.31. The molecule has 5 rings (SSSR count). The number of hydrogen-bond donors (Lipinski definition) is 0. The second kappa shape index (κ2) is 11.1. The van der Waals surface area contributed by atoms with E-state index < -0.39 is 11.8 Å². The van der Waals surface area contributed by atoms with E-state index in [0.717, 1.165) is 46.4 Å². The first-order valence-electron chi connectivity index (χ1n) is 13.7. The minimum Gasteiger partial charge on any atom is -0.428 e. The fourth-order valence-corrected chi connectivity index (χ4v) is 4.89. The van der Waals surface area contributed by atoms with Gasteiger partial charge < -0.3 is 18.9 Å². The third-order valence-corrected chi connectivity index (χ3v) is 6.76. The summed E-state index contributed by atoms with van der Waals surface area (Å²) in [6, 6.07) is 20.6. The molecule has 4 aromatic rings. The van der Waals surface area contributed by atoms with Gasteiger partial charge in [-0.3, -0.25) is 4.79 Å². The first kappa shape index (κ1) is 27.9. The molecule has 0 unspecified atom stereocenters. The Hall–Kier alpha value is -4.66. The molecule has 0 spiro atoms. The first-order chi connectivity index (χ1) is 19.5. The number of imidazole rings is 1. The van der Waals surface area contributed by atoms with Gasteiger partial charge in [0.2, 0.25) is 0 Å². The Morgan fingerprint density at radius 1 is 1.00 bits per heavy atom. The lowest BCUT2D eigenvalue weighted by molar-refractivity contribution is -0.116. The zero-order chi connectivity index (χ0) is 29.3. The van der Waals surface area contributed by atoms with E-state index in [9.17, 15) is 14.4 Å². The molecule has 41 heavy (non-hydrogen) atoms. The van der Waals surface area contributed by atoms with Gasteiger partial charge in [-0.1, -0.05) is 49.4 Å². The summed E-state index contributed by atoms with van der Waals surface area (Å²) in [7, 11) is 1.62. The molecular weight excluding hydrogens is 520 g/mol. The Kier molecular flexibility index (Phi) is 7.53. The number of carbonyl (C=O) groups excluding carboxylic acids is 3. The highest BCUT2D eigenvalue weighted by atomic mass is 16.7. The topological polar surface area (TPSA) is 94.0 Å². The summed E-state index contributed by atoms with van der Waals surface area (Å²) in [6.45, 7) is 8.11. The summed E-state index contributed by atoms with van der Waals surface area (Å²) in [5, 5.41) is 0. The van der Waals surface area contributed by atoms with Crippen LogP contribution >= 0.6 is 0 Å². The molecule has 2 heterocycles. The number of para-hydroxylation sites is 1. The minimum atomic E-state index is -0.750. The summed E-state index contributed by atoms with van der Waals surface area (Å²) in [5.41, 5.74) is 4.29. The first-order valence-corrected chi connectivity index (χ1v) is 13.7. The number of aromatic nitrogens is 2. The van der Waals surface area contributed by atoms with Gasteiger partial charge in [-0.15, -0.1) is 0 Å². The number of hydrogen-bond acceptors (Lipinski definition) is 6.